The average molecular weight is 273 g/mol. The van der Waals surface area contributed by atoms with Crippen LogP contribution in [0.1, 0.15) is 57.6 Å². The summed E-state index contributed by atoms with van der Waals surface area (Å²) in [6, 6.07) is 7.02. The summed E-state index contributed by atoms with van der Waals surface area (Å²) in [6.07, 6.45) is 10.5. The van der Waals surface area contributed by atoms with Gasteiger partial charge in [0, 0.05) is 36.6 Å². The van der Waals surface area contributed by atoms with Crippen LogP contribution in [0.2, 0.25) is 0 Å². The summed E-state index contributed by atoms with van der Waals surface area (Å²) in [5.74, 6) is 0. The molecule has 1 aromatic rings. The maximum absolute atomic E-state index is 4.30. The van der Waals surface area contributed by atoms with Crippen molar-refractivity contribution >= 4 is 0 Å². The fourth-order valence-electron chi connectivity index (χ4n) is 4.06. The molecular formula is C17H27N3. The Morgan fingerprint density at radius 1 is 1.35 bits per heavy atom. The molecule has 20 heavy (non-hydrogen) atoms. The Labute approximate surface area is 122 Å². The first-order valence-corrected chi connectivity index (χ1v) is 8.19. The second-order valence-electron chi connectivity index (χ2n) is 6.46. The van der Waals surface area contributed by atoms with Gasteiger partial charge in [-0.3, -0.25) is 9.88 Å². The molecule has 3 heterocycles. The molecule has 0 aromatic carbocycles. The van der Waals surface area contributed by atoms with Crippen molar-refractivity contribution in [2.24, 2.45) is 0 Å². The summed E-state index contributed by atoms with van der Waals surface area (Å²) >= 11 is 0. The lowest BCUT2D eigenvalue weighted by Gasteiger charge is -2.41. The predicted octanol–water partition coefficient (Wildman–Crippen LogP) is 3.14. The molecule has 1 aromatic heterocycles. The lowest BCUT2D eigenvalue weighted by Crippen LogP contribution is -2.49. The van der Waals surface area contributed by atoms with Crippen LogP contribution in [-0.4, -0.2) is 34.6 Å². The first-order chi connectivity index (χ1) is 9.78. The van der Waals surface area contributed by atoms with Gasteiger partial charge in [-0.1, -0.05) is 13.0 Å². The highest BCUT2D eigenvalue weighted by atomic mass is 15.2. The molecule has 0 radical (unpaired) electrons. The summed E-state index contributed by atoms with van der Waals surface area (Å²) in [6.45, 7) is 5.83. The summed E-state index contributed by atoms with van der Waals surface area (Å²) in [4.78, 5) is 7.02. The largest absolute Gasteiger partial charge is 0.311 e. The van der Waals surface area contributed by atoms with Crippen LogP contribution >= 0.6 is 0 Å². The van der Waals surface area contributed by atoms with E-state index in [4.69, 9.17) is 0 Å². The molecule has 2 aliphatic heterocycles. The highest BCUT2D eigenvalue weighted by Crippen LogP contribution is 2.33. The van der Waals surface area contributed by atoms with E-state index in [9.17, 15) is 0 Å². The van der Waals surface area contributed by atoms with Crippen molar-refractivity contribution in [3.8, 4) is 0 Å². The van der Waals surface area contributed by atoms with Gasteiger partial charge in [0.2, 0.25) is 0 Å². The van der Waals surface area contributed by atoms with Gasteiger partial charge in [-0.05, 0) is 57.2 Å². The molecule has 110 valence electrons. The van der Waals surface area contributed by atoms with Crippen molar-refractivity contribution in [3.63, 3.8) is 0 Å². The Bertz CT molecular complexity index is 408. The third kappa shape index (κ3) is 2.89. The Balaban J connectivity index is 1.75. The van der Waals surface area contributed by atoms with Crippen molar-refractivity contribution in [1.29, 1.82) is 0 Å². The van der Waals surface area contributed by atoms with E-state index >= 15 is 0 Å². The highest BCUT2D eigenvalue weighted by Gasteiger charge is 2.37. The summed E-state index contributed by atoms with van der Waals surface area (Å²) < 4.78 is 0. The Morgan fingerprint density at radius 3 is 2.70 bits per heavy atom. The maximum Gasteiger partial charge on any atom is 0.0338 e. The molecule has 3 unspecified atom stereocenters. The number of hydrogen-bond donors (Lipinski definition) is 1. The van der Waals surface area contributed by atoms with Crippen LogP contribution in [0.15, 0.2) is 24.5 Å². The van der Waals surface area contributed by atoms with Crippen LogP contribution in [0.5, 0.6) is 0 Å². The summed E-state index contributed by atoms with van der Waals surface area (Å²) in [5.41, 5.74) is 1.35. The van der Waals surface area contributed by atoms with Gasteiger partial charge in [-0.2, -0.15) is 0 Å². The van der Waals surface area contributed by atoms with Crippen LogP contribution in [0.4, 0.5) is 0 Å². The van der Waals surface area contributed by atoms with Gasteiger partial charge in [0.15, 0.2) is 0 Å². The summed E-state index contributed by atoms with van der Waals surface area (Å²) in [7, 11) is 0. The Morgan fingerprint density at radius 2 is 2.10 bits per heavy atom. The van der Waals surface area contributed by atoms with Gasteiger partial charge in [-0.15, -0.1) is 0 Å². The van der Waals surface area contributed by atoms with Gasteiger partial charge in [0.25, 0.3) is 0 Å². The minimum Gasteiger partial charge on any atom is -0.311 e. The predicted molar refractivity (Wildman–Crippen MR) is 82.6 cm³/mol. The quantitative estimate of drug-likeness (QED) is 0.893. The minimum atomic E-state index is 0.478. The normalized spacial score (nSPS) is 30.6. The number of nitrogens with one attached hydrogen (secondary N) is 1. The zero-order chi connectivity index (χ0) is 13.9. The van der Waals surface area contributed by atoms with Crippen molar-refractivity contribution in [3.05, 3.63) is 30.1 Å². The van der Waals surface area contributed by atoms with E-state index in [1.54, 1.807) is 0 Å². The zero-order valence-corrected chi connectivity index (χ0v) is 12.8. The molecule has 2 aliphatic rings. The Kier molecular flexibility index (Phi) is 4.37. The molecule has 3 heteroatoms. The lowest BCUT2D eigenvalue weighted by molar-refractivity contribution is 0.101. The molecule has 3 nitrogen and oxygen atoms in total. The third-order valence-corrected chi connectivity index (χ3v) is 5.06. The van der Waals surface area contributed by atoms with Crippen LogP contribution in [0.3, 0.4) is 0 Å². The van der Waals surface area contributed by atoms with Gasteiger partial charge in [0.1, 0.15) is 0 Å². The fraction of sp³-hybridized carbons (Fsp3) is 0.706. The van der Waals surface area contributed by atoms with Crippen molar-refractivity contribution < 1.29 is 0 Å². The minimum absolute atomic E-state index is 0.478. The molecule has 0 amide bonds. The van der Waals surface area contributed by atoms with E-state index in [1.807, 2.05) is 12.4 Å². The average Bonchev–Trinajstić information content (AvgIpc) is 2.83. The van der Waals surface area contributed by atoms with Crippen molar-refractivity contribution in [2.75, 3.05) is 6.54 Å². The van der Waals surface area contributed by atoms with Crippen LogP contribution < -0.4 is 5.32 Å². The van der Waals surface area contributed by atoms with Crippen molar-refractivity contribution in [2.45, 2.75) is 70.1 Å². The number of piperidine rings is 1. The van der Waals surface area contributed by atoms with E-state index in [0.29, 0.717) is 6.04 Å². The zero-order valence-electron chi connectivity index (χ0n) is 12.8. The number of aromatic nitrogens is 1. The second kappa shape index (κ2) is 6.23. The number of fused-ring (bicyclic) bond motifs is 2. The van der Waals surface area contributed by atoms with Gasteiger partial charge >= 0.3 is 0 Å². The van der Waals surface area contributed by atoms with Crippen LogP contribution in [0.25, 0.3) is 0 Å². The van der Waals surface area contributed by atoms with E-state index in [2.05, 4.69) is 41.2 Å². The second-order valence-corrected chi connectivity index (χ2v) is 6.46. The monoisotopic (exact) mass is 273 g/mol. The smallest absolute Gasteiger partial charge is 0.0338 e. The molecule has 0 saturated carbocycles. The topological polar surface area (TPSA) is 28.2 Å². The molecule has 0 aliphatic carbocycles. The first-order valence-electron chi connectivity index (χ1n) is 8.19. The molecule has 3 atom stereocenters. The first kappa shape index (κ1) is 14.0. The van der Waals surface area contributed by atoms with E-state index in [1.165, 1.54) is 44.2 Å². The summed E-state index contributed by atoms with van der Waals surface area (Å²) in [5, 5.41) is 3.76. The molecular weight excluding hydrogens is 246 g/mol. The number of pyridine rings is 1. The van der Waals surface area contributed by atoms with Gasteiger partial charge in [0.05, 0.1) is 0 Å². The van der Waals surface area contributed by atoms with Crippen molar-refractivity contribution in [1.82, 2.24) is 15.2 Å². The SMILES string of the molecule is CCCN(C1CC2CCC(C1)N2)C(C)c1cccnc1. The molecule has 3 rings (SSSR count). The standard InChI is InChI=1S/C17H27N3/c1-3-9-20(13(2)14-5-4-8-18-12-14)17-10-15-6-7-16(11-17)19-15/h4-5,8,12-13,15-17,19H,3,6-7,9-11H2,1-2H3. The third-order valence-electron chi connectivity index (χ3n) is 5.06. The molecule has 0 spiro atoms. The molecule has 2 fully saturated rings. The van der Waals surface area contributed by atoms with Crippen LogP contribution in [-0.2, 0) is 0 Å². The van der Waals surface area contributed by atoms with Gasteiger partial charge in [-0.25, -0.2) is 0 Å². The molecule has 2 saturated heterocycles. The maximum atomic E-state index is 4.30. The highest BCUT2D eigenvalue weighted by molar-refractivity contribution is 5.14. The van der Waals surface area contributed by atoms with E-state index < -0.39 is 0 Å². The number of nitrogens with zero attached hydrogens (tertiary/aromatic N) is 2. The van der Waals surface area contributed by atoms with E-state index in [0.717, 1.165) is 18.1 Å². The Hall–Kier alpha value is -0.930. The number of rotatable bonds is 5. The number of hydrogen-bond acceptors (Lipinski definition) is 3. The lowest BCUT2D eigenvalue weighted by atomic mass is 9.95. The molecule has 1 N–H and O–H groups in total. The fourth-order valence-corrected chi connectivity index (χ4v) is 4.06. The van der Waals surface area contributed by atoms with E-state index in [-0.39, 0.29) is 0 Å². The van der Waals surface area contributed by atoms with Gasteiger partial charge < -0.3 is 5.32 Å². The van der Waals surface area contributed by atoms with Crippen LogP contribution in [0, 0.1) is 0 Å². The molecule has 2 bridgehead atoms.